The van der Waals surface area contributed by atoms with Crippen LogP contribution >= 0.6 is 34.0 Å². The molecule has 4 heterocycles. The van der Waals surface area contributed by atoms with Gasteiger partial charge in [0.1, 0.15) is 0 Å². The molecule has 4 aromatic heterocycles. The van der Waals surface area contributed by atoms with Gasteiger partial charge in [0.15, 0.2) is 17.5 Å². The lowest BCUT2D eigenvalue weighted by molar-refractivity contribution is 1.08. The Morgan fingerprint density at radius 1 is 0.281 bits per heavy atom. The molecular weight excluding hydrogens is 751 g/mol. The van der Waals surface area contributed by atoms with Crippen molar-refractivity contribution in [3.63, 3.8) is 0 Å². The van der Waals surface area contributed by atoms with E-state index >= 15 is 0 Å². The van der Waals surface area contributed by atoms with Crippen LogP contribution in [0, 0.1) is 0 Å². The molecule has 6 heteroatoms. The van der Waals surface area contributed by atoms with Crippen LogP contribution in [0.2, 0.25) is 0 Å². The quantitative estimate of drug-likeness (QED) is 0.175. The van der Waals surface area contributed by atoms with Crippen LogP contribution in [0.15, 0.2) is 176 Å². The molecule has 0 amide bonds. The molecular formula is C51H29N3S3. The van der Waals surface area contributed by atoms with Gasteiger partial charge in [-0.2, -0.15) is 0 Å². The zero-order chi connectivity index (χ0) is 37.5. The van der Waals surface area contributed by atoms with Crippen molar-refractivity contribution in [2.45, 2.75) is 0 Å². The molecule has 0 radical (unpaired) electrons. The topological polar surface area (TPSA) is 38.7 Å². The molecule has 0 spiro atoms. The Kier molecular flexibility index (Phi) is 7.45. The molecule has 0 fully saturated rings. The number of aromatic nitrogens is 3. The Morgan fingerprint density at radius 3 is 1.60 bits per heavy atom. The highest BCUT2D eigenvalue weighted by Gasteiger charge is 2.20. The third-order valence-corrected chi connectivity index (χ3v) is 14.4. The summed E-state index contributed by atoms with van der Waals surface area (Å²) in [6, 6.07) is 63.1. The Balaban J connectivity index is 1.08. The van der Waals surface area contributed by atoms with E-state index in [2.05, 4.69) is 140 Å². The predicted octanol–water partition coefficient (Wildman–Crippen LogP) is 15.3. The lowest BCUT2D eigenvalue weighted by atomic mass is 9.93. The summed E-state index contributed by atoms with van der Waals surface area (Å²) in [5, 5.41) is 7.64. The maximum Gasteiger partial charge on any atom is 0.164 e. The lowest BCUT2D eigenvalue weighted by Crippen LogP contribution is -2.00. The molecule has 0 aliphatic carbocycles. The first kappa shape index (κ1) is 32.7. The van der Waals surface area contributed by atoms with E-state index in [9.17, 15) is 0 Å². The average molecular weight is 780 g/mol. The number of hydrogen-bond acceptors (Lipinski definition) is 6. The van der Waals surface area contributed by atoms with E-state index in [-0.39, 0.29) is 0 Å². The number of hydrogen-bond donors (Lipinski definition) is 0. The summed E-state index contributed by atoms with van der Waals surface area (Å²) < 4.78 is 7.70. The number of thiophene rings is 3. The van der Waals surface area contributed by atoms with E-state index in [1.165, 1.54) is 82.8 Å². The van der Waals surface area contributed by atoms with Gasteiger partial charge in [-0.05, 0) is 58.7 Å². The fraction of sp³-hybridized carbons (Fsp3) is 0. The zero-order valence-electron chi connectivity index (χ0n) is 30.3. The molecule has 0 saturated heterocycles. The summed E-state index contributed by atoms with van der Waals surface area (Å²) in [5.74, 6) is 1.99. The highest BCUT2D eigenvalue weighted by atomic mass is 32.1. The molecule has 0 unspecified atom stereocenters. The van der Waals surface area contributed by atoms with Gasteiger partial charge < -0.3 is 0 Å². The van der Waals surface area contributed by atoms with E-state index in [4.69, 9.17) is 15.0 Å². The maximum atomic E-state index is 5.14. The van der Waals surface area contributed by atoms with E-state index < -0.39 is 0 Å². The van der Waals surface area contributed by atoms with Crippen molar-refractivity contribution in [1.29, 1.82) is 0 Å². The van der Waals surface area contributed by atoms with Gasteiger partial charge in [0.2, 0.25) is 0 Å². The second kappa shape index (κ2) is 13.0. The van der Waals surface area contributed by atoms with Gasteiger partial charge in [-0.25, -0.2) is 15.0 Å². The lowest BCUT2D eigenvalue weighted by Gasteiger charge is -2.11. The summed E-state index contributed by atoms with van der Waals surface area (Å²) >= 11 is 5.60. The van der Waals surface area contributed by atoms with Gasteiger partial charge in [0, 0.05) is 77.2 Å². The fourth-order valence-electron chi connectivity index (χ4n) is 8.32. The van der Waals surface area contributed by atoms with Crippen molar-refractivity contribution >= 4 is 94.5 Å². The standard InChI is InChI=1S/C51H29N3S3/c1-3-13-30(14-4-1)49-52-50(31-15-5-2-6-16-31)54-51(53-49)39-21-12-24-43-47(39)38-20-11-19-34(48(38)57-43)33-27-40(46-37-18-8-10-23-42(37)56-45(46)29-33)32-25-26-36-35-17-7-9-22-41(35)55-44(36)28-32/h1-29H. The van der Waals surface area contributed by atoms with Crippen molar-refractivity contribution < 1.29 is 0 Å². The van der Waals surface area contributed by atoms with Crippen molar-refractivity contribution in [3.05, 3.63) is 176 Å². The molecule has 57 heavy (non-hydrogen) atoms. The first-order chi connectivity index (χ1) is 28.2. The van der Waals surface area contributed by atoms with Crippen LogP contribution in [0.25, 0.3) is 117 Å². The number of fused-ring (bicyclic) bond motifs is 9. The number of rotatable bonds is 5. The molecule has 3 nitrogen and oxygen atoms in total. The summed E-state index contributed by atoms with van der Waals surface area (Å²) in [5.41, 5.74) is 7.89. The predicted molar refractivity (Wildman–Crippen MR) is 246 cm³/mol. The largest absolute Gasteiger partial charge is 0.208 e. The normalized spacial score (nSPS) is 11.9. The van der Waals surface area contributed by atoms with Crippen LogP contribution in [0.4, 0.5) is 0 Å². The minimum Gasteiger partial charge on any atom is -0.208 e. The molecule has 0 bridgehead atoms. The van der Waals surface area contributed by atoms with Crippen molar-refractivity contribution in [2.24, 2.45) is 0 Å². The van der Waals surface area contributed by atoms with Gasteiger partial charge >= 0.3 is 0 Å². The Hall–Kier alpha value is -6.57. The van der Waals surface area contributed by atoms with E-state index in [1.54, 1.807) is 0 Å². The van der Waals surface area contributed by atoms with Gasteiger partial charge in [-0.15, -0.1) is 34.0 Å². The van der Waals surface area contributed by atoms with E-state index in [0.717, 1.165) is 16.7 Å². The SMILES string of the molecule is c1ccc(-c2nc(-c3ccccc3)nc(-c3cccc4sc5c(-c6cc(-c7ccc8c(c7)sc7ccccc78)c7c(c6)sc6ccccc67)cccc5c34)n2)cc1. The average Bonchev–Trinajstić information content (AvgIpc) is 3.97. The number of benzene rings is 8. The highest BCUT2D eigenvalue weighted by Crippen LogP contribution is 2.48. The van der Waals surface area contributed by atoms with Crippen molar-refractivity contribution in [2.75, 3.05) is 0 Å². The highest BCUT2D eigenvalue weighted by molar-refractivity contribution is 7.27. The maximum absolute atomic E-state index is 5.14. The second-order valence-electron chi connectivity index (χ2n) is 14.3. The Morgan fingerprint density at radius 2 is 0.825 bits per heavy atom. The van der Waals surface area contributed by atoms with Gasteiger partial charge in [-0.1, -0.05) is 140 Å². The molecule has 0 atom stereocenters. The summed E-state index contributed by atoms with van der Waals surface area (Å²) in [4.78, 5) is 15.2. The monoisotopic (exact) mass is 779 g/mol. The van der Waals surface area contributed by atoms with Crippen molar-refractivity contribution in [3.8, 4) is 56.4 Å². The van der Waals surface area contributed by atoms with E-state index in [0.29, 0.717) is 17.5 Å². The van der Waals surface area contributed by atoms with Crippen LogP contribution < -0.4 is 0 Å². The van der Waals surface area contributed by atoms with Crippen LogP contribution in [0.1, 0.15) is 0 Å². The summed E-state index contributed by atoms with van der Waals surface area (Å²) in [6.07, 6.45) is 0. The fourth-order valence-corrected chi connectivity index (χ4v) is 11.9. The summed E-state index contributed by atoms with van der Waals surface area (Å²) in [6.45, 7) is 0. The Bertz CT molecular complexity index is 3470. The summed E-state index contributed by atoms with van der Waals surface area (Å²) in [7, 11) is 0. The molecule has 0 aliphatic rings. The number of nitrogens with zero attached hydrogens (tertiary/aromatic N) is 3. The van der Waals surface area contributed by atoms with Gasteiger partial charge in [0.25, 0.3) is 0 Å². The van der Waals surface area contributed by atoms with Gasteiger partial charge in [-0.3, -0.25) is 0 Å². The third-order valence-electron chi connectivity index (χ3n) is 10.9. The smallest absolute Gasteiger partial charge is 0.164 e. The van der Waals surface area contributed by atoms with Crippen molar-refractivity contribution in [1.82, 2.24) is 15.0 Å². The molecule has 12 rings (SSSR count). The first-order valence-corrected chi connectivity index (χ1v) is 21.4. The molecule has 12 aromatic rings. The minimum atomic E-state index is 0.662. The van der Waals surface area contributed by atoms with E-state index in [1.807, 2.05) is 70.4 Å². The Labute approximate surface area is 339 Å². The molecule has 266 valence electrons. The van der Waals surface area contributed by atoms with Crippen LogP contribution in [0.5, 0.6) is 0 Å². The zero-order valence-corrected chi connectivity index (χ0v) is 32.8. The second-order valence-corrected chi connectivity index (χ2v) is 17.5. The van der Waals surface area contributed by atoms with Crippen LogP contribution in [0.3, 0.4) is 0 Å². The first-order valence-electron chi connectivity index (χ1n) is 18.9. The molecule has 8 aromatic carbocycles. The van der Waals surface area contributed by atoms with Crippen LogP contribution in [-0.2, 0) is 0 Å². The third kappa shape index (κ3) is 5.33. The molecule has 0 saturated carbocycles. The minimum absolute atomic E-state index is 0.662. The van der Waals surface area contributed by atoms with Gasteiger partial charge in [0.05, 0.1) is 0 Å². The molecule has 0 aliphatic heterocycles. The van der Waals surface area contributed by atoms with Crippen LogP contribution in [-0.4, -0.2) is 15.0 Å². The molecule has 0 N–H and O–H groups in total.